The average Bonchev–Trinajstić information content (AvgIpc) is 3.01. The van der Waals surface area contributed by atoms with Crippen molar-refractivity contribution in [3.8, 4) is 11.6 Å². The summed E-state index contributed by atoms with van der Waals surface area (Å²) in [4.78, 5) is 37.1. The maximum Gasteiger partial charge on any atom is 0.501 e. The Bertz CT molecular complexity index is 1810. The molecule has 7 rings (SSSR count). The predicted molar refractivity (Wildman–Crippen MR) is 162 cm³/mol. The van der Waals surface area contributed by atoms with Crippen LogP contribution in [0.1, 0.15) is 40.0 Å². The van der Waals surface area contributed by atoms with E-state index < -0.39 is 32.1 Å². The molecule has 13 nitrogen and oxygen atoms in total. The van der Waals surface area contributed by atoms with Crippen molar-refractivity contribution in [3.05, 3.63) is 59.9 Å². The van der Waals surface area contributed by atoms with E-state index in [1.165, 1.54) is 44.8 Å². The van der Waals surface area contributed by atoms with Crippen LogP contribution in [-0.4, -0.2) is 92.2 Å². The Hall–Kier alpha value is -4.48. The first-order chi connectivity index (χ1) is 22.3. The number of pyridine rings is 2. The highest BCUT2D eigenvalue weighted by Gasteiger charge is 2.70. The van der Waals surface area contributed by atoms with Gasteiger partial charge in [0.25, 0.3) is 21.7 Å². The first-order valence-electron chi connectivity index (χ1n) is 14.5. The number of carbonyl (C=O) groups is 2. The molecule has 3 aliphatic carbocycles. The van der Waals surface area contributed by atoms with Gasteiger partial charge >= 0.3 is 5.51 Å². The summed E-state index contributed by atoms with van der Waals surface area (Å²) in [6.07, 6.45) is 5.36. The van der Waals surface area contributed by atoms with Crippen molar-refractivity contribution < 1.29 is 45.4 Å². The summed E-state index contributed by atoms with van der Waals surface area (Å²) in [7, 11) is -2.95. The summed E-state index contributed by atoms with van der Waals surface area (Å²) >= 11 is 0. The highest BCUT2D eigenvalue weighted by molar-refractivity contribution is 7.92. The molecule has 2 bridgehead atoms. The number of morpholine rings is 1. The number of rotatable bonds is 10. The zero-order chi connectivity index (χ0) is 33.6. The van der Waals surface area contributed by atoms with E-state index in [0.717, 1.165) is 44.5 Å². The van der Waals surface area contributed by atoms with Crippen LogP contribution < -0.4 is 25.4 Å². The number of sulfone groups is 1. The first kappa shape index (κ1) is 32.5. The van der Waals surface area contributed by atoms with Crippen LogP contribution in [0.4, 0.5) is 30.4 Å². The minimum absolute atomic E-state index is 0.000631. The zero-order valence-corrected chi connectivity index (χ0v) is 26.1. The van der Waals surface area contributed by atoms with Gasteiger partial charge in [-0.2, -0.15) is 13.2 Å². The molecule has 250 valence electrons. The number of ether oxygens (including phenoxy) is 3. The SMILES string of the molecule is COc1cc(C(=O)Nc2cccc(S(=O)(=O)C(F)(F)F)c2)c(NC(=O)c2c(OC)ccnc2NC23CC(N4CCOCC4)(C2)C3)cn1. The molecule has 3 saturated carbocycles. The predicted octanol–water partition coefficient (Wildman–Crippen LogP) is 3.71. The molecule has 3 heterocycles. The molecule has 17 heteroatoms. The van der Waals surface area contributed by atoms with Crippen LogP contribution >= 0.6 is 0 Å². The summed E-state index contributed by atoms with van der Waals surface area (Å²) < 4.78 is 79.2. The van der Waals surface area contributed by atoms with Gasteiger partial charge in [0.15, 0.2) is 0 Å². The topological polar surface area (TPSA) is 161 Å². The molecule has 0 spiro atoms. The fourth-order valence-electron chi connectivity index (χ4n) is 6.51. The number of alkyl halides is 3. The van der Waals surface area contributed by atoms with Crippen molar-refractivity contribution in [2.75, 3.05) is 56.5 Å². The Labute approximate surface area is 267 Å². The van der Waals surface area contributed by atoms with E-state index in [4.69, 9.17) is 14.2 Å². The third-order valence-electron chi connectivity index (χ3n) is 8.72. The van der Waals surface area contributed by atoms with E-state index >= 15 is 0 Å². The van der Waals surface area contributed by atoms with Crippen LogP contribution in [-0.2, 0) is 14.6 Å². The molecule has 4 fully saturated rings. The van der Waals surface area contributed by atoms with Crippen LogP contribution in [0.5, 0.6) is 11.6 Å². The molecule has 0 atom stereocenters. The number of anilines is 3. The van der Waals surface area contributed by atoms with Crippen molar-refractivity contribution in [3.63, 3.8) is 0 Å². The van der Waals surface area contributed by atoms with Crippen LogP contribution in [0.25, 0.3) is 0 Å². The Kier molecular flexibility index (Phi) is 8.26. The van der Waals surface area contributed by atoms with Gasteiger partial charge in [0.2, 0.25) is 5.88 Å². The summed E-state index contributed by atoms with van der Waals surface area (Å²) in [5, 5.41) is 8.50. The van der Waals surface area contributed by atoms with E-state index in [1.54, 1.807) is 0 Å². The number of hydrogen-bond acceptors (Lipinski definition) is 11. The Morgan fingerprint density at radius 2 is 1.70 bits per heavy atom. The number of halogens is 3. The number of aromatic nitrogens is 2. The van der Waals surface area contributed by atoms with Crippen LogP contribution in [0.2, 0.25) is 0 Å². The molecule has 2 aromatic heterocycles. The number of methoxy groups -OCH3 is 2. The van der Waals surface area contributed by atoms with Gasteiger partial charge in [-0.15, -0.1) is 0 Å². The molecule has 4 aliphatic rings. The van der Waals surface area contributed by atoms with Crippen LogP contribution in [0.3, 0.4) is 0 Å². The highest BCUT2D eigenvalue weighted by atomic mass is 32.2. The third-order valence-corrected chi connectivity index (χ3v) is 10.2. The van der Waals surface area contributed by atoms with Gasteiger partial charge in [-0.1, -0.05) is 6.07 Å². The molecule has 2 amide bonds. The van der Waals surface area contributed by atoms with Gasteiger partial charge in [0, 0.05) is 42.1 Å². The Morgan fingerprint density at radius 1 is 0.979 bits per heavy atom. The molecule has 0 radical (unpaired) electrons. The fraction of sp³-hybridized carbons (Fsp3) is 0.400. The lowest BCUT2D eigenvalue weighted by molar-refractivity contribution is -0.172. The lowest BCUT2D eigenvalue weighted by atomic mass is 9.43. The van der Waals surface area contributed by atoms with E-state index in [-0.39, 0.29) is 45.2 Å². The second kappa shape index (κ2) is 12.0. The molecule has 1 aromatic carbocycles. The van der Waals surface area contributed by atoms with Gasteiger partial charge < -0.3 is 30.2 Å². The highest BCUT2D eigenvalue weighted by Crippen LogP contribution is 2.65. The van der Waals surface area contributed by atoms with E-state index in [0.29, 0.717) is 25.1 Å². The summed E-state index contributed by atoms with van der Waals surface area (Å²) in [6, 6.07) is 6.47. The number of amides is 2. The van der Waals surface area contributed by atoms with Gasteiger partial charge in [-0.25, -0.2) is 18.4 Å². The summed E-state index contributed by atoms with van der Waals surface area (Å²) in [5.74, 6) is -1.04. The standard InChI is InChI=1S/C30H31F3N6O7S/c1-44-22-6-7-34-25(38-28-15-29(16-28,17-28)39-8-10-46-11-9-39)24(22)27(41)37-21-14-35-23(45-2)13-20(21)26(40)36-18-4-3-5-19(12-18)47(42,43)30(31,32)33/h3-7,12-14H,8-11,15-17H2,1-2H3,(H,34,38)(H,36,40)(H,37,41). The lowest BCUT2D eigenvalue weighted by Crippen LogP contribution is -2.82. The minimum Gasteiger partial charge on any atom is -0.496 e. The molecular weight excluding hydrogens is 645 g/mol. The van der Waals surface area contributed by atoms with Gasteiger partial charge in [0.1, 0.15) is 17.1 Å². The van der Waals surface area contributed by atoms with Gasteiger partial charge in [-0.3, -0.25) is 14.5 Å². The van der Waals surface area contributed by atoms with Crippen LogP contribution in [0, 0.1) is 0 Å². The van der Waals surface area contributed by atoms with Crippen molar-refractivity contribution >= 4 is 38.8 Å². The number of benzene rings is 1. The number of nitrogens with zero attached hydrogens (tertiary/aromatic N) is 3. The zero-order valence-electron chi connectivity index (χ0n) is 25.3. The molecular formula is C30H31F3N6O7S. The van der Waals surface area contributed by atoms with Crippen molar-refractivity contribution in [2.24, 2.45) is 0 Å². The number of hydrogen-bond donors (Lipinski definition) is 3. The quantitative estimate of drug-likeness (QED) is 0.287. The Morgan fingerprint density at radius 3 is 2.36 bits per heavy atom. The molecule has 0 unspecified atom stereocenters. The molecule has 3 N–H and O–H groups in total. The summed E-state index contributed by atoms with van der Waals surface area (Å²) in [5.41, 5.74) is -6.02. The maximum atomic E-state index is 13.8. The van der Waals surface area contributed by atoms with Gasteiger partial charge in [0.05, 0.1) is 49.8 Å². The molecule has 47 heavy (non-hydrogen) atoms. The van der Waals surface area contributed by atoms with Crippen LogP contribution in [0.15, 0.2) is 53.7 Å². The normalized spacial score (nSPS) is 22.3. The average molecular weight is 677 g/mol. The molecule has 1 aliphatic heterocycles. The van der Waals surface area contributed by atoms with Crippen molar-refractivity contribution in [2.45, 2.75) is 40.7 Å². The van der Waals surface area contributed by atoms with Crippen molar-refractivity contribution in [1.29, 1.82) is 0 Å². The second-order valence-electron chi connectivity index (χ2n) is 11.7. The Balaban J connectivity index is 1.23. The third kappa shape index (κ3) is 5.94. The monoisotopic (exact) mass is 676 g/mol. The largest absolute Gasteiger partial charge is 0.501 e. The first-order valence-corrected chi connectivity index (χ1v) is 16.0. The van der Waals surface area contributed by atoms with Gasteiger partial charge in [-0.05, 0) is 43.5 Å². The number of carbonyl (C=O) groups excluding carboxylic acids is 2. The van der Waals surface area contributed by atoms with Crippen molar-refractivity contribution in [1.82, 2.24) is 14.9 Å². The lowest BCUT2D eigenvalue weighted by Gasteiger charge is -2.74. The minimum atomic E-state index is -5.66. The van der Waals surface area contributed by atoms with E-state index in [2.05, 4.69) is 30.8 Å². The molecule has 3 aromatic rings. The fourth-order valence-corrected chi connectivity index (χ4v) is 7.32. The van der Waals surface area contributed by atoms with E-state index in [9.17, 15) is 31.2 Å². The molecule has 1 saturated heterocycles. The maximum absolute atomic E-state index is 13.8. The number of nitrogens with one attached hydrogen (secondary N) is 3. The van der Waals surface area contributed by atoms with E-state index in [1.807, 2.05) is 0 Å². The summed E-state index contributed by atoms with van der Waals surface area (Å²) in [6.45, 7) is 3.17. The smallest absolute Gasteiger partial charge is 0.496 e. The second-order valence-corrected chi connectivity index (χ2v) is 13.6.